The molecule has 2 aromatic carbocycles. The molecule has 0 saturated heterocycles. The topological polar surface area (TPSA) is 62.3 Å². The molecule has 0 aliphatic rings. The van der Waals surface area contributed by atoms with Crippen LogP contribution >= 0.6 is 11.6 Å². The van der Waals surface area contributed by atoms with Gasteiger partial charge in [-0.05, 0) is 54.7 Å². The van der Waals surface area contributed by atoms with Crippen LogP contribution < -0.4 is 4.74 Å². The Kier molecular flexibility index (Phi) is 5.00. The Hall–Kier alpha value is -2.46. The monoisotopic (exact) mass is 357 g/mol. The second-order valence-corrected chi connectivity index (χ2v) is 6.57. The molecule has 2 N–H and O–H groups in total. The first-order valence-corrected chi connectivity index (χ1v) is 8.50. The number of methoxy groups -OCH3 is 1. The number of halogens is 1. The first-order valence-electron chi connectivity index (χ1n) is 8.12. The van der Waals surface area contributed by atoms with Gasteiger partial charge in [-0.15, -0.1) is 0 Å². The molecular formula is C20H20ClNO3. The van der Waals surface area contributed by atoms with Gasteiger partial charge in [0.15, 0.2) is 0 Å². The van der Waals surface area contributed by atoms with Gasteiger partial charge in [0, 0.05) is 27.7 Å². The molecular weight excluding hydrogens is 338 g/mol. The number of hydrogen-bond donors (Lipinski definition) is 2. The SMILES string of the molecule is COc1cc(Cc2ccc(Cl)cc2)c2c(C)c(CCC(=O)O)[nH]c2c1. The number of hydrogen-bond acceptors (Lipinski definition) is 2. The number of benzene rings is 2. The molecule has 0 aliphatic carbocycles. The molecule has 0 fully saturated rings. The minimum atomic E-state index is -0.794. The van der Waals surface area contributed by atoms with Crippen molar-refractivity contribution in [3.63, 3.8) is 0 Å². The lowest BCUT2D eigenvalue weighted by atomic mass is 9.98. The zero-order chi connectivity index (χ0) is 18.0. The molecule has 1 aromatic heterocycles. The van der Waals surface area contributed by atoms with E-state index in [9.17, 15) is 4.79 Å². The molecule has 5 heteroatoms. The fourth-order valence-electron chi connectivity index (χ4n) is 3.18. The van der Waals surface area contributed by atoms with Crippen molar-refractivity contribution in [2.24, 2.45) is 0 Å². The highest BCUT2D eigenvalue weighted by Gasteiger charge is 2.14. The van der Waals surface area contributed by atoms with Crippen LogP contribution in [0.3, 0.4) is 0 Å². The van der Waals surface area contributed by atoms with Gasteiger partial charge in [0.1, 0.15) is 5.75 Å². The third kappa shape index (κ3) is 3.80. The number of aromatic amines is 1. The number of nitrogens with one attached hydrogen (secondary N) is 1. The molecule has 0 bridgehead atoms. The van der Waals surface area contributed by atoms with Gasteiger partial charge in [-0.2, -0.15) is 0 Å². The lowest BCUT2D eigenvalue weighted by Crippen LogP contribution is -1.98. The Balaban J connectivity index is 2.05. The highest BCUT2D eigenvalue weighted by atomic mass is 35.5. The number of aryl methyl sites for hydroxylation is 2. The molecule has 1 heterocycles. The zero-order valence-electron chi connectivity index (χ0n) is 14.2. The van der Waals surface area contributed by atoms with Crippen LogP contribution in [0, 0.1) is 6.92 Å². The van der Waals surface area contributed by atoms with Crippen LogP contribution in [-0.2, 0) is 17.6 Å². The first-order chi connectivity index (χ1) is 12.0. The van der Waals surface area contributed by atoms with Crippen molar-refractivity contribution in [2.45, 2.75) is 26.2 Å². The molecule has 0 radical (unpaired) electrons. The van der Waals surface area contributed by atoms with E-state index in [-0.39, 0.29) is 6.42 Å². The average molecular weight is 358 g/mol. The van der Waals surface area contributed by atoms with Gasteiger partial charge in [-0.3, -0.25) is 4.79 Å². The summed E-state index contributed by atoms with van der Waals surface area (Å²) in [6, 6.07) is 11.8. The molecule has 0 atom stereocenters. The van der Waals surface area contributed by atoms with Gasteiger partial charge in [0.05, 0.1) is 13.5 Å². The van der Waals surface area contributed by atoms with Gasteiger partial charge < -0.3 is 14.8 Å². The third-order valence-electron chi connectivity index (χ3n) is 4.44. The lowest BCUT2D eigenvalue weighted by molar-refractivity contribution is -0.136. The first kappa shape index (κ1) is 17.4. The number of carboxylic acids is 1. The summed E-state index contributed by atoms with van der Waals surface area (Å²) in [5, 5.41) is 10.8. The van der Waals surface area contributed by atoms with Crippen LogP contribution in [0.4, 0.5) is 0 Å². The second kappa shape index (κ2) is 7.19. The fourth-order valence-corrected chi connectivity index (χ4v) is 3.31. The van der Waals surface area contributed by atoms with Gasteiger partial charge in [-0.25, -0.2) is 0 Å². The number of aliphatic carboxylic acids is 1. The van der Waals surface area contributed by atoms with Crippen molar-refractivity contribution in [1.29, 1.82) is 0 Å². The molecule has 25 heavy (non-hydrogen) atoms. The number of fused-ring (bicyclic) bond motifs is 1. The number of ether oxygens (including phenoxy) is 1. The van der Waals surface area contributed by atoms with E-state index in [2.05, 4.69) is 4.98 Å². The minimum absolute atomic E-state index is 0.108. The quantitative estimate of drug-likeness (QED) is 0.669. The highest BCUT2D eigenvalue weighted by Crippen LogP contribution is 2.32. The second-order valence-electron chi connectivity index (χ2n) is 6.13. The smallest absolute Gasteiger partial charge is 0.303 e. The van der Waals surface area contributed by atoms with Crippen LogP contribution in [0.15, 0.2) is 36.4 Å². The normalized spacial score (nSPS) is 11.0. The summed E-state index contributed by atoms with van der Waals surface area (Å²) in [6.07, 6.45) is 1.35. The van der Waals surface area contributed by atoms with Crippen molar-refractivity contribution in [3.05, 3.63) is 63.8 Å². The Morgan fingerprint density at radius 2 is 1.96 bits per heavy atom. The van der Waals surface area contributed by atoms with Gasteiger partial charge >= 0.3 is 5.97 Å². The largest absolute Gasteiger partial charge is 0.497 e. The number of carboxylic acid groups (broad SMARTS) is 1. The predicted octanol–water partition coefficient (Wildman–Crippen LogP) is 4.75. The van der Waals surface area contributed by atoms with E-state index in [0.29, 0.717) is 11.4 Å². The molecule has 0 unspecified atom stereocenters. The summed E-state index contributed by atoms with van der Waals surface area (Å²) >= 11 is 5.97. The predicted molar refractivity (Wildman–Crippen MR) is 99.8 cm³/mol. The molecule has 3 rings (SSSR count). The summed E-state index contributed by atoms with van der Waals surface area (Å²) in [5.74, 6) is -0.0143. The van der Waals surface area contributed by atoms with E-state index in [1.54, 1.807) is 7.11 Å². The van der Waals surface area contributed by atoms with Crippen molar-refractivity contribution >= 4 is 28.5 Å². The van der Waals surface area contributed by atoms with Crippen molar-refractivity contribution in [3.8, 4) is 5.75 Å². The zero-order valence-corrected chi connectivity index (χ0v) is 15.0. The van der Waals surface area contributed by atoms with Crippen LogP contribution in [0.1, 0.15) is 28.8 Å². The van der Waals surface area contributed by atoms with Crippen LogP contribution in [0.5, 0.6) is 5.75 Å². The van der Waals surface area contributed by atoms with E-state index in [1.165, 1.54) is 0 Å². The molecule has 0 aliphatic heterocycles. The van der Waals surface area contributed by atoms with Crippen molar-refractivity contribution < 1.29 is 14.6 Å². The van der Waals surface area contributed by atoms with E-state index in [1.807, 2.05) is 43.3 Å². The summed E-state index contributed by atoms with van der Waals surface area (Å²) in [7, 11) is 1.65. The van der Waals surface area contributed by atoms with Crippen molar-refractivity contribution in [2.75, 3.05) is 7.11 Å². The number of aromatic nitrogens is 1. The van der Waals surface area contributed by atoms with Crippen LogP contribution in [0.25, 0.3) is 10.9 Å². The molecule has 0 saturated carbocycles. The van der Waals surface area contributed by atoms with Crippen LogP contribution in [0.2, 0.25) is 5.02 Å². The Morgan fingerprint density at radius 3 is 2.60 bits per heavy atom. The molecule has 0 amide bonds. The summed E-state index contributed by atoms with van der Waals surface area (Å²) in [6.45, 7) is 2.04. The summed E-state index contributed by atoms with van der Waals surface area (Å²) in [5.41, 5.74) is 5.34. The van der Waals surface area contributed by atoms with E-state index >= 15 is 0 Å². The van der Waals surface area contributed by atoms with Gasteiger partial charge in [0.2, 0.25) is 0 Å². The van der Waals surface area contributed by atoms with E-state index in [4.69, 9.17) is 21.4 Å². The van der Waals surface area contributed by atoms with Gasteiger partial charge in [-0.1, -0.05) is 23.7 Å². The maximum atomic E-state index is 10.9. The standard InChI is InChI=1S/C20H20ClNO3/c1-12-17(7-8-19(23)24)22-18-11-16(25-2)10-14(20(12)18)9-13-3-5-15(21)6-4-13/h3-6,10-11,22H,7-9H2,1-2H3,(H,23,24). The number of H-pyrrole nitrogens is 1. The molecule has 130 valence electrons. The third-order valence-corrected chi connectivity index (χ3v) is 4.69. The Labute approximate surface area is 151 Å². The summed E-state index contributed by atoms with van der Waals surface area (Å²) in [4.78, 5) is 14.3. The van der Waals surface area contributed by atoms with Crippen molar-refractivity contribution in [1.82, 2.24) is 4.98 Å². The fraction of sp³-hybridized carbons (Fsp3) is 0.250. The van der Waals surface area contributed by atoms with E-state index < -0.39 is 5.97 Å². The number of carbonyl (C=O) groups is 1. The molecule has 0 spiro atoms. The lowest BCUT2D eigenvalue weighted by Gasteiger charge is -2.09. The molecule has 4 nitrogen and oxygen atoms in total. The van der Waals surface area contributed by atoms with Crippen LogP contribution in [-0.4, -0.2) is 23.2 Å². The van der Waals surface area contributed by atoms with Gasteiger partial charge in [0.25, 0.3) is 0 Å². The summed E-state index contributed by atoms with van der Waals surface area (Å²) < 4.78 is 5.43. The molecule has 3 aromatic rings. The minimum Gasteiger partial charge on any atom is -0.497 e. The highest BCUT2D eigenvalue weighted by molar-refractivity contribution is 6.30. The Morgan fingerprint density at radius 1 is 1.24 bits per heavy atom. The Bertz CT molecular complexity index is 913. The van der Waals surface area contributed by atoms with E-state index in [0.717, 1.165) is 45.5 Å². The maximum absolute atomic E-state index is 10.9. The maximum Gasteiger partial charge on any atom is 0.303 e. The average Bonchev–Trinajstić information content (AvgIpc) is 2.91. The number of rotatable bonds is 6.